The zero-order valence-electron chi connectivity index (χ0n) is 69.4. The van der Waals surface area contributed by atoms with E-state index >= 15 is 0 Å². The smallest absolute Gasteiger partial charge is 0.361 e. The van der Waals surface area contributed by atoms with Gasteiger partial charge in [0.2, 0.25) is 0 Å². The molecular formula is C96H168NO8+. The number of hydrogen-bond donors (Lipinski definition) is 1. The minimum Gasteiger partial charge on any atom is -0.477 e. The highest BCUT2D eigenvalue weighted by molar-refractivity contribution is 5.71. The molecule has 2 unspecified atom stereocenters. The van der Waals surface area contributed by atoms with Gasteiger partial charge in [-0.3, -0.25) is 9.59 Å². The van der Waals surface area contributed by atoms with Crippen LogP contribution >= 0.6 is 0 Å². The number of carboxylic acids is 1. The monoisotopic (exact) mass is 1460 g/mol. The van der Waals surface area contributed by atoms with E-state index in [1.54, 1.807) is 0 Å². The average molecular weight is 1460 g/mol. The molecule has 0 spiro atoms. The summed E-state index contributed by atoms with van der Waals surface area (Å²) in [6.45, 7) is 4.79. The third-order valence-corrected chi connectivity index (χ3v) is 19.4. The van der Waals surface area contributed by atoms with Crippen molar-refractivity contribution in [2.24, 2.45) is 0 Å². The topological polar surface area (TPSA) is 108 Å². The highest BCUT2D eigenvalue weighted by Crippen LogP contribution is 2.20. The van der Waals surface area contributed by atoms with Gasteiger partial charge in [0, 0.05) is 12.8 Å². The average Bonchev–Trinajstić information content (AvgIpc) is 1.18. The maximum atomic E-state index is 13.0. The van der Waals surface area contributed by atoms with E-state index in [4.69, 9.17) is 18.9 Å². The molecule has 0 aromatic carbocycles. The highest BCUT2D eigenvalue weighted by atomic mass is 16.7. The Morgan fingerprint density at radius 3 is 0.810 bits per heavy atom. The lowest BCUT2D eigenvalue weighted by molar-refractivity contribution is -0.870. The van der Waals surface area contributed by atoms with Crippen LogP contribution in [0.5, 0.6) is 0 Å². The summed E-state index contributed by atoms with van der Waals surface area (Å²) in [4.78, 5) is 37.8. The normalized spacial score (nSPS) is 13.3. The van der Waals surface area contributed by atoms with E-state index in [0.29, 0.717) is 23.9 Å². The molecular weight excluding hydrogens is 1300 g/mol. The Hall–Kier alpha value is -4.57. The van der Waals surface area contributed by atoms with Crippen molar-refractivity contribution < 1.29 is 42.9 Å². The maximum Gasteiger partial charge on any atom is 0.361 e. The van der Waals surface area contributed by atoms with E-state index in [2.05, 4.69) is 148 Å². The van der Waals surface area contributed by atoms with Gasteiger partial charge in [-0.2, -0.15) is 0 Å². The Morgan fingerprint density at radius 2 is 0.543 bits per heavy atom. The van der Waals surface area contributed by atoms with Gasteiger partial charge in [0.05, 0.1) is 34.4 Å². The number of esters is 2. The number of unbranched alkanes of at least 4 members (excludes halogenated alkanes) is 45. The van der Waals surface area contributed by atoms with Crippen molar-refractivity contribution in [3.63, 3.8) is 0 Å². The molecule has 0 aromatic heterocycles. The van der Waals surface area contributed by atoms with Crippen molar-refractivity contribution in [3.8, 4) is 0 Å². The number of carbonyl (C=O) groups is 3. The molecule has 9 heteroatoms. The number of allylic oxidation sites excluding steroid dienone is 22. The predicted molar refractivity (Wildman–Crippen MR) is 456 cm³/mol. The van der Waals surface area contributed by atoms with Gasteiger partial charge in [-0.1, -0.05) is 404 Å². The number of aliphatic carboxylic acids is 1. The molecule has 0 amide bonds. The zero-order valence-corrected chi connectivity index (χ0v) is 69.4. The molecule has 0 aliphatic carbocycles. The van der Waals surface area contributed by atoms with Crippen LogP contribution in [0.3, 0.4) is 0 Å². The van der Waals surface area contributed by atoms with Crippen LogP contribution in [0.2, 0.25) is 0 Å². The largest absolute Gasteiger partial charge is 0.477 e. The first kappa shape index (κ1) is 100. The standard InChI is InChI=1S/C96H167NO8/c1-6-8-10-12-14-16-18-20-22-24-26-28-30-32-34-36-38-40-42-44-46-47-49-51-53-55-57-59-61-63-65-67-69-71-73-75-77-79-81-83-85-87-94(99)105-92(91-104-96(95(100)101)102-89-88-97(3,4)5)90-103-93(98)86-84-82-80-78-76-74-72-70-68-66-64-62-60-58-56-54-52-50-48-45-43-41-39-37-35-33-31-29-27-25-23-21-19-17-15-13-11-9-7-2/h8,10,14,16,19-22,25-28,32,34,38,40,44,46,49,51,55,57,92,96H,6-7,9,11-13,15,17-18,23-24,29-31,33,35-37,39,41-43,45,47-48,50,52-54,56,58-91H2,1-5H3/p+1/b10-8-,16-14-,21-19-,22-20-,27-25-,28-26-,34-32-,40-38-,46-44-,51-49-,57-55-. The number of nitrogens with zero attached hydrogens (tertiary/aromatic N) is 1. The molecule has 0 saturated carbocycles. The Kier molecular flexibility index (Phi) is 81.3. The molecule has 604 valence electrons. The molecule has 1 N–H and O–H groups in total. The van der Waals surface area contributed by atoms with Gasteiger partial charge in [-0.25, -0.2) is 4.79 Å². The van der Waals surface area contributed by atoms with E-state index in [1.165, 1.54) is 263 Å². The van der Waals surface area contributed by atoms with Gasteiger partial charge in [-0.05, 0) is 116 Å². The molecule has 9 nitrogen and oxygen atoms in total. The van der Waals surface area contributed by atoms with Crippen LogP contribution in [0.15, 0.2) is 134 Å². The first-order valence-corrected chi connectivity index (χ1v) is 44.3. The molecule has 2 atom stereocenters. The lowest BCUT2D eigenvalue weighted by Gasteiger charge is -2.25. The summed E-state index contributed by atoms with van der Waals surface area (Å²) in [5, 5.41) is 9.79. The Balaban J connectivity index is 3.98. The van der Waals surface area contributed by atoms with E-state index in [0.717, 1.165) is 103 Å². The fourth-order valence-corrected chi connectivity index (χ4v) is 12.7. The van der Waals surface area contributed by atoms with E-state index in [1.807, 2.05) is 21.1 Å². The van der Waals surface area contributed by atoms with Crippen molar-refractivity contribution in [1.29, 1.82) is 0 Å². The van der Waals surface area contributed by atoms with E-state index in [9.17, 15) is 19.5 Å². The first-order valence-electron chi connectivity index (χ1n) is 44.3. The molecule has 0 aliphatic heterocycles. The lowest BCUT2D eigenvalue weighted by Crippen LogP contribution is -2.40. The van der Waals surface area contributed by atoms with Crippen LogP contribution in [-0.4, -0.2) is 87.4 Å². The fraction of sp³-hybridized carbons (Fsp3) is 0.740. The van der Waals surface area contributed by atoms with Crippen LogP contribution in [-0.2, 0) is 33.3 Å². The third-order valence-electron chi connectivity index (χ3n) is 19.4. The van der Waals surface area contributed by atoms with Crippen molar-refractivity contribution in [2.45, 2.75) is 411 Å². The maximum absolute atomic E-state index is 13.0. The van der Waals surface area contributed by atoms with Crippen LogP contribution in [0.4, 0.5) is 0 Å². The zero-order chi connectivity index (χ0) is 76.0. The van der Waals surface area contributed by atoms with Crippen molar-refractivity contribution in [2.75, 3.05) is 47.5 Å². The number of hydrogen-bond acceptors (Lipinski definition) is 7. The molecule has 0 bridgehead atoms. The quantitative estimate of drug-likeness (QED) is 0.0211. The Morgan fingerprint density at radius 1 is 0.295 bits per heavy atom. The summed E-state index contributed by atoms with van der Waals surface area (Å²) < 4.78 is 23.1. The van der Waals surface area contributed by atoms with Crippen LogP contribution < -0.4 is 0 Å². The van der Waals surface area contributed by atoms with Gasteiger partial charge in [0.15, 0.2) is 6.10 Å². The van der Waals surface area contributed by atoms with Crippen LogP contribution in [0, 0.1) is 0 Å². The molecule has 0 rings (SSSR count). The van der Waals surface area contributed by atoms with Crippen molar-refractivity contribution in [1.82, 2.24) is 0 Å². The third kappa shape index (κ3) is 86.5. The summed E-state index contributed by atoms with van der Waals surface area (Å²) >= 11 is 0. The highest BCUT2D eigenvalue weighted by Gasteiger charge is 2.25. The molecule has 105 heavy (non-hydrogen) atoms. The molecule has 0 saturated heterocycles. The summed E-state index contributed by atoms with van der Waals surface area (Å²) in [5.74, 6) is -1.99. The Labute approximate surface area is 650 Å². The minimum atomic E-state index is -1.52. The number of likely N-dealkylation sites (N-methyl/N-ethyl adjacent to an activating group) is 1. The van der Waals surface area contributed by atoms with Gasteiger partial charge in [0.25, 0.3) is 6.29 Å². The van der Waals surface area contributed by atoms with E-state index < -0.39 is 24.3 Å². The molecule has 0 aliphatic rings. The second-order valence-corrected chi connectivity index (χ2v) is 30.8. The SMILES string of the molecule is CC/C=C\C/C=C\C/C=C\C/C=C\C/C=C\C/C=C\C/C=C\C/C=C\C/C=C\CCCCCCCCCCCCCCCC(=O)OC(COC(=O)CCCCCCCCCCCCCCCCCCCCCCCCCCCCC/C=C\C/C=C\CCCCCCC)COC(OCC[N+](C)(C)C)C(=O)O. The number of rotatable bonds is 82. The van der Waals surface area contributed by atoms with Crippen molar-refractivity contribution >= 4 is 17.9 Å². The van der Waals surface area contributed by atoms with Gasteiger partial charge in [0.1, 0.15) is 13.2 Å². The number of carboxylic acid groups (broad SMARTS) is 1. The summed E-state index contributed by atoms with van der Waals surface area (Å²) in [6, 6.07) is 0. The predicted octanol–water partition coefficient (Wildman–Crippen LogP) is 29.2. The number of quaternary nitrogens is 1. The summed E-state index contributed by atoms with van der Waals surface area (Å²) in [6.07, 6.45) is 121. The van der Waals surface area contributed by atoms with Crippen molar-refractivity contribution in [3.05, 3.63) is 134 Å². The summed E-state index contributed by atoms with van der Waals surface area (Å²) in [7, 11) is 5.99. The van der Waals surface area contributed by atoms with Gasteiger partial charge < -0.3 is 28.5 Å². The summed E-state index contributed by atoms with van der Waals surface area (Å²) in [5.41, 5.74) is 0. The molecule has 0 aromatic rings. The van der Waals surface area contributed by atoms with E-state index in [-0.39, 0.29) is 32.2 Å². The molecule has 0 heterocycles. The second-order valence-electron chi connectivity index (χ2n) is 30.8. The first-order chi connectivity index (χ1) is 51.6. The lowest BCUT2D eigenvalue weighted by atomic mass is 10.0. The van der Waals surface area contributed by atoms with Gasteiger partial charge in [-0.15, -0.1) is 0 Å². The fourth-order valence-electron chi connectivity index (χ4n) is 12.7. The van der Waals surface area contributed by atoms with Crippen LogP contribution in [0.1, 0.15) is 399 Å². The van der Waals surface area contributed by atoms with Gasteiger partial charge >= 0.3 is 17.9 Å². The minimum absolute atomic E-state index is 0.183. The van der Waals surface area contributed by atoms with Crippen LogP contribution in [0.25, 0.3) is 0 Å². The number of carbonyl (C=O) groups excluding carboxylic acids is 2. The molecule has 0 radical (unpaired) electrons. The number of ether oxygens (including phenoxy) is 4. The second kappa shape index (κ2) is 85.0. The Bertz CT molecular complexity index is 2200. The molecule has 0 fully saturated rings.